The quantitative estimate of drug-likeness (QED) is 0.437. The van der Waals surface area contributed by atoms with Crippen molar-refractivity contribution in [2.75, 3.05) is 6.61 Å². The first-order chi connectivity index (χ1) is 8.05. The Morgan fingerprint density at radius 3 is 2.11 bits per heavy atom. The summed E-state index contributed by atoms with van der Waals surface area (Å²) in [6.07, 6.45) is -12.9. The molecule has 0 N–H and O–H groups in total. The maximum absolute atomic E-state index is 12.0. The molecule has 0 aromatic heterocycles. The topological polar surface area (TPSA) is 52.6 Å². The van der Waals surface area contributed by atoms with Gasteiger partial charge in [0.25, 0.3) is 12.5 Å². The predicted molar refractivity (Wildman–Crippen MR) is 47.7 cm³/mol. The summed E-state index contributed by atoms with van der Waals surface area (Å²) in [5, 5.41) is 0. The fourth-order valence-electron chi connectivity index (χ4n) is 0.684. The third-order valence-corrected chi connectivity index (χ3v) is 1.48. The molecule has 1 unspecified atom stereocenters. The molecule has 0 aliphatic heterocycles. The number of carbonyl (C=O) groups is 2. The monoisotopic (exact) mass is 276 g/mol. The second kappa shape index (κ2) is 6.31. The predicted octanol–water partition coefficient (Wildman–Crippen LogP) is 1.84. The lowest BCUT2D eigenvalue weighted by molar-refractivity contribution is -0.250. The Balaban J connectivity index is 4.37. The highest BCUT2D eigenvalue weighted by Gasteiger charge is 2.49. The van der Waals surface area contributed by atoms with Gasteiger partial charge >= 0.3 is 18.1 Å². The molecule has 0 aliphatic rings. The lowest BCUT2D eigenvalue weighted by atomic mass is 10.3. The van der Waals surface area contributed by atoms with Gasteiger partial charge in [-0.1, -0.05) is 6.58 Å². The number of rotatable bonds is 5. The third-order valence-electron chi connectivity index (χ3n) is 1.48. The van der Waals surface area contributed by atoms with Crippen LogP contribution >= 0.6 is 0 Å². The molecule has 4 nitrogen and oxygen atoms in total. The van der Waals surface area contributed by atoms with Gasteiger partial charge in [-0.25, -0.2) is 18.4 Å². The van der Waals surface area contributed by atoms with Crippen LogP contribution in [0.5, 0.6) is 0 Å². The smallest absolute Gasteiger partial charge is 0.431 e. The van der Waals surface area contributed by atoms with Gasteiger partial charge in [0.15, 0.2) is 6.61 Å². The molecule has 0 fully saturated rings. The first kappa shape index (κ1) is 16.3. The molecule has 1 atom stereocenters. The zero-order valence-electron chi connectivity index (χ0n) is 9.09. The van der Waals surface area contributed by atoms with Crippen molar-refractivity contribution in [3.05, 3.63) is 12.2 Å². The number of halogens is 5. The standard InChI is InChI=1S/C9H9F5O4/c1-4(2)8(16)17-3-5(15)18-6(7(10)11)9(12,13)14/h6-7H,1,3H2,2H3. The van der Waals surface area contributed by atoms with Crippen LogP contribution in [-0.2, 0) is 19.1 Å². The Kier molecular flexibility index (Phi) is 5.73. The normalized spacial score (nSPS) is 13.1. The van der Waals surface area contributed by atoms with Crippen LogP contribution in [0, 0.1) is 0 Å². The van der Waals surface area contributed by atoms with Crippen molar-refractivity contribution >= 4 is 11.9 Å². The minimum atomic E-state index is -5.40. The molecule has 0 heterocycles. The third kappa shape index (κ3) is 5.60. The Hall–Kier alpha value is -1.67. The second-order valence-corrected chi connectivity index (χ2v) is 3.14. The highest BCUT2D eigenvalue weighted by Crippen LogP contribution is 2.27. The number of hydrogen-bond donors (Lipinski definition) is 0. The van der Waals surface area contributed by atoms with Crippen molar-refractivity contribution in [3.63, 3.8) is 0 Å². The minimum Gasteiger partial charge on any atom is -0.450 e. The maximum Gasteiger partial charge on any atom is 0.431 e. The summed E-state index contributed by atoms with van der Waals surface area (Å²) in [6, 6.07) is 0. The number of esters is 2. The van der Waals surface area contributed by atoms with Crippen LogP contribution in [0.15, 0.2) is 12.2 Å². The SMILES string of the molecule is C=C(C)C(=O)OCC(=O)OC(C(F)F)C(F)(F)F. The van der Waals surface area contributed by atoms with E-state index in [1.54, 1.807) is 0 Å². The van der Waals surface area contributed by atoms with E-state index in [0.717, 1.165) is 0 Å². The molecule has 0 amide bonds. The zero-order valence-corrected chi connectivity index (χ0v) is 9.09. The molecule has 104 valence electrons. The average molecular weight is 276 g/mol. The molecule has 0 aliphatic carbocycles. The van der Waals surface area contributed by atoms with Crippen molar-refractivity contribution in [1.82, 2.24) is 0 Å². The molecule has 0 rings (SSSR count). The van der Waals surface area contributed by atoms with E-state index in [4.69, 9.17) is 0 Å². The largest absolute Gasteiger partial charge is 0.450 e. The summed E-state index contributed by atoms with van der Waals surface area (Å²) in [5.41, 5.74) is -0.107. The molecule has 9 heteroatoms. The first-order valence-electron chi connectivity index (χ1n) is 4.42. The molecule has 0 bridgehead atoms. The van der Waals surface area contributed by atoms with Crippen LogP contribution in [0.4, 0.5) is 22.0 Å². The number of ether oxygens (including phenoxy) is 2. The van der Waals surface area contributed by atoms with Crippen LogP contribution in [0.3, 0.4) is 0 Å². The van der Waals surface area contributed by atoms with E-state index in [1.807, 2.05) is 0 Å². The van der Waals surface area contributed by atoms with E-state index in [0.29, 0.717) is 0 Å². The molecular formula is C9H9F5O4. The van der Waals surface area contributed by atoms with Gasteiger partial charge in [0, 0.05) is 5.57 Å². The highest BCUT2D eigenvalue weighted by atomic mass is 19.4. The molecular weight excluding hydrogens is 267 g/mol. The zero-order chi connectivity index (χ0) is 14.5. The average Bonchev–Trinajstić information content (AvgIpc) is 2.20. The molecule has 0 spiro atoms. The van der Waals surface area contributed by atoms with Gasteiger partial charge in [-0.15, -0.1) is 0 Å². The van der Waals surface area contributed by atoms with Crippen molar-refractivity contribution in [1.29, 1.82) is 0 Å². The summed E-state index contributed by atoms with van der Waals surface area (Å²) < 4.78 is 67.5. The van der Waals surface area contributed by atoms with Crippen LogP contribution in [0.1, 0.15) is 6.92 Å². The van der Waals surface area contributed by atoms with Crippen LogP contribution in [-0.4, -0.2) is 37.3 Å². The summed E-state index contributed by atoms with van der Waals surface area (Å²) in [5.74, 6) is -2.78. The van der Waals surface area contributed by atoms with Gasteiger partial charge in [-0.05, 0) is 6.92 Å². The summed E-state index contributed by atoms with van der Waals surface area (Å²) in [6.45, 7) is 3.16. The Labute approximate surface area is 98.3 Å². The molecule has 0 aromatic rings. The Morgan fingerprint density at radius 2 is 1.78 bits per heavy atom. The van der Waals surface area contributed by atoms with E-state index in [1.165, 1.54) is 6.92 Å². The summed E-state index contributed by atoms with van der Waals surface area (Å²) in [7, 11) is 0. The Morgan fingerprint density at radius 1 is 1.28 bits per heavy atom. The lowest BCUT2D eigenvalue weighted by Crippen LogP contribution is -2.40. The van der Waals surface area contributed by atoms with E-state index in [2.05, 4.69) is 16.1 Å². The molecule has 0 radical (unpaired) electrons. The van der Waals surface area contributed by atoms with Crippen LogP contribution in [0.25, 0.3) is 0 Å². The van der Waals surface area contributed by atoms with Gasteiger partial charge < -0.3 is 9.47 Å². The van der Waals surface area contributed by atoms with Gasteiger partial charge in [0.2, 0.25) is 0 Å². The summed E-state index contributed by atoms with van der Waals surface area (Å²) in [4.78, 5) is 21.5. The Bertz CT molecular complexity index is 336. The number of alkyl halides is 5. The van der Waals surface area contributed by atoms with Gasteiger partial charge in [-0.2, -0.15) is 13.2 Å². The molecule has 18 heavy (non-hydrogen) atoms. The molecule has 0 saturated carbocycles. The van der Waals surface area contributed by atoms with Crippen LogP contribution in [0.2, 0.25) is 0 Å². The second-order valence-electron chi connectivity index (χ2n) is 3.14. The van der Waals surface area contributed by atoms with Crippen molar-refractivity contribution in [2.45, 2.75) is 25.6 Å². The molecule has 0 aromatic carbocycles. The van der Waals surface area contributed by atoms with Crippen molar-refractivity contribution in [2.24, 2.45) is 0 Å². The van der Waals surface area contributed by atoms with E-state index in [9.17, 15) is 31.5 Å². The van der Waals surface area contributed by atoms with Gasteiger partial charge in [0.1, 0.15) is 0 Å². The number of hydrogen-bond acceptors (Lipinski definition) is 4. The fourth-order valence-corrected chi connectivity index (χ4v) is 0.684. The van der Waals surface area contributed by atoms with Crippen LogP contribution < -0.4 is 0 Å². The van der Waals surface area contributed by atoms with E-state index in [-0.39, 0.29) is 5.57 Å². The highest BCUT2D eigenvalue weighted by molar-refractivity contribution is 5.88. The minimum absolute atomic E-state index is 0.107. The molecule has 0 saturated heterocycles. The van der Waals surface area contributed by atoms with Gasteiger partial charge in [-0.3, -0.25) is 0 Å². The first-order valence-corrected chi connectivity index (χ1v) is 4.42. The van der Waals surface area contributed by atoms with E-state index < -0.39 is 37.3 Å². The summed E-state index contributed by atoms with van der Waals surface area (Å²) >= 11 is 0. The van der Waals surface area contributed by atoms with Crippen molar-refractivity contribution < 1.29 is 41.0 Å². The van der Waals surface area contributed by atoms with Gasteiger partial charge in [0.05, 0.1) is 0 Å². The lowest BCUT2D eigenvalue weighted by Gasteiger charge is -2.19. The number of carbonyl (C=O) groups excluding carboxylic acids is 2. The van der Waals surface area contributed by atoms with E-state index >= 15 is 0 Å². The fraction of sp³-hybridized carbons (Fsp3) is 0.556. The van der Waals surface area contributed by atoms with Crippen molar-refractivity contribution in [3.8, 4) is 0 Å². The maximum atomic E-state index is 12.0.